The monoisotopic (exact) mass is 189 g/mol. The van der Waals surface area contributed by atoms with E-state index >= 15 is 0 Å². The molecule has 0 radical (unpaired) electrons. The lowest BCUT2D eigenvalue weighted by Crippen LogP contribution is -2.01. The minimum atomic E-state index is 0.691. The van der Waals surface area contributed by atoms with E-state index in [0.717, 1.165) is 12.1 Å². The molecule has 0 amide bonds. The molecule has 0 aliphatic rings. The molecule has 14 heavy (non-hydrogen) atoms. The molecule has 0 aliphatic carbocycles. The van der Waals surface area contributed by atoms with Crippen molar-refractivity contribution >= 4 is 16.6 Å². The van der Waals surface area contributed by atoms with E-state index in [4.69, 9.17) is 5.73 Å². The highest BCUT2D eigenvalue weighted by atomic mass is 14.8. The van der Waals surface area contributed by atoms with Gasteiger partial charge in [-0.25, -0.2) is 0 Å². The van der Waals surface area contributed by atoms with E-state index in [2.05, 4.69) is 28.5 Å². The van der Waals surface area contributed by atoms with E-state index in [1.54, 1.807) is 0 Å². The van der Waals surface area contributed by atoms with Gasteiger partial charge in [0.15, 0.2) is 0 Å². The Kier molecular flexibility index (Phi) is 2.41. The minimum absolute atomic E-state index is 0.691. The maximum Gasteiger partial charge on any atom is 0.0458 e. The van der Waals surface area contributed by atoms with Crippen molar-refractivity contribution in [2.45, 2.75) is 6.42 Å². The molecular weight excluding hydrogens is 174 g/mol. The zero-order chi connectivity index (χ0) is 9.97. The molecule has 0 aliphatic heterocycles. The smallest absolute Gasteiger partial charge is 0.0458 e. The summed E-state index contributed by atoms with van der Waals surface area (Å²) in [6.45, 7) is 0.691. The number of hydrogen-bond acceptors (Lipinski definition) is 2. The van der Waals surface area contributed by atoms with Crippen LogP contribution in [-0.4, -0.2) is 18.6 Å². The van der Waals surface area contributed by atoms with E-state index < -0.39 is 0 Å². The second-order valence-electron chi connectivity index (χ2n) is 3.36. The SMILES string of the molecule is CNc1ccc2[nH]cc(CCN)c2c1. The van der Waals surface area contributed by atoms with Crippen molar-refractivity contribution < 1.29 is 0 Å². The summed E-state index contributed by atoms with van der Waals surface area (Å²) >= 11 is 0. The second-order valence-corrected chi connectivity index (χ2v) is 3.36. The van der Waals surface area contributed by atoms with Gasteiger partial charge in [-0.1, -0.05) is 0 Å². The van der Waals surface area contributed by atoms with Gasteiger partial charge in [0.2, 0.25) is 0 Å². The lowest BCUT2D eigenvalue weighted by Gasteiger charge is -2.01. The van der Waals surface area contributed by atoms with E-state index in [9.17, 15) is 0 Å². The van der Waals surface area contributed by atoms with Gasteiger partial charge in [0.1, 0.15) is 0 Å². The molecule has 0 unspecified atom stereocenters. The van der Waals surface area contributed by atoms with Gasteiger partial charge < -0.3 is 16.0 Å². The fourth-order valence-electron chi connectivity index (χ4n) is 1.70. The van der Waals surface area contributed by atoms with E-state index in [1.807, 2.05) is 13.2 Å². The fourth-order valence-corrected chi connectivity index (χ4v) is 1.70. The number of hydrogen-bond donors (Lipinski definition) is 3. The Labute approximate surface area is 83.3 Å². The molecule has 0 saturated carbocycles. The van der Waals surface area contributed by atoms with Crippen molar-refractivity contribution in [3.05, 3.63) is 30.0 Å². The summed E-state index contributed by atoms with van der Waals surface area (Å²) in [5.41, 5.74) is 9.15. The van der Waals surface area contributed by atoms with Crippen LogP contribution >= 0.6 is 0 Å². The summed E-state index contributed by atoms with van der Waals surface area (Å²) in [7, 11) is 1.93. The number of anilines is 1. The first-order chi connectivity index (χ1) is 6.85. The van der Waals surface area contributed by atoms with Gasteiger partial charge in [-0.05, 0) is 36.7 Å². The van der Waals surface area contributed by atoms with Crippen molar-refractivity contribution in [1.29, 1.82) is 0 Å². The third-order valence-corrected chi connectivity index (χ3v) is 2.47. The van der Waals surface area contributed by atoms with Crippen LogP contribution in [0.25, 0.3) is 10.9 Å². The predicted octanol–water partition coefficient (Wildman–Crippen LogP) is 1.71. The first-order valence-electron chi connectivity index (χ1n) is 4.83. The quantitative estimate of drug-likeness (QED) is 0.688. The molecule has 74 valence electrons. The Morgan fingerprint density at radius 3 is 3.00 bits per heavy atom. The topological polar surface area (TPSA) is 53.8 Å². The Balaban J connectivity index is 2.52. The van der Waals surface area contributed by atoms with Crippen LogP contribution in [0, 0.1) is 0 Å². The number of rotatable bonds is 3. The number of aromatic amines is 1. The van der Waals surface area contributed by atoms with Crippen molar-refractivity contribution in [1.82, 2.24) is 4.98 Å². The van der Waals surface area contributed by atoms with E-state index in [1.165, 1.54) is 16.5 Å². The molecule has 1 heterocycles. The average molecular weight is 189 g/mol. The number of fused-ring (bicyclic) bond motifs is 1. The van der Waals surface area contributed by atoms with Gasteiger partial charge in [0, 0.05) is 29.8 Å². The third kappa shape index (κ3) is 1.46. The predicted molar refractivity (Wildman–Crippen MR) is 60.6 cm³/mol. The van der Waals surface area contributed by atoms with Crippen LogP contribution in [-0.2, 0) is 6.42 Å². The molecule has 0 spiro atoms. The molecule has 0 atom stereocenters. The fraction of sp³-hybridized carbons (Fsp3) is 0.273. The van der Waals surface area contributed by atoms with Crippen LogP contribution in [0.4, 0.5) is 5.69 Å². The Bertz CT molecular complexity index is 431. The van der Waals surface area contributed by atoms with E-state index in [-0.39, 0.29) is 0 Å². The summed E-state index contributed by atoms with van der Waals surface area (Å²) in [5, 5.41) is 4.40. The highest BCUT2D eigenvalue weighted by Crippen LogP contribution is 2.22. The van der Waals surface area contributed by atoms with Crippen molar-refractivity contribution in [3.8, 4) is 0 Å². The number of nitrogens with two attached hydrogens (primary N) is 1. The summed E-state index contributed by atoms with van der Waals surface area (Å²) in [4.78, 5) is 3.24. The first kappa shape index (κ1) is 9.09. The Morgan fingerprint density at radius 2 is 2.29 bits per heavy atom. The van der Waals surface area contributed by atoms with Gasteiger partial charge in [0.05, 0.1) is 0 Å². The molecular formula is C11H15N3. The molecule has 1 aromatic carbocycles. The maximum absolute atomic E-state index is 5.55. The van der Waals surface area contributed by atoms with Gasteiger partial charge in [0.25, 0.3) is 0 Å². The molecule has 0 bridgehead atoms. The largest absolute Gasteiger partial charge is 0.388 e. The average Bonchev–Trinajstić information content (AvgIpc) is 2.61. The molecule has 4 N–H and O–H groups in total. The summed E-state index contributed by atoms with van der Waals surface area (Å²) in [5.74, 6) is 0. The Hall–Kier alpha value is -1.48. The van der Waals surface area contributed by atoms with Crippen LogP contribution < -0.4 is 11.1 Å². The number of H-pyrrole nitrogens is 1. The molecule has 0 saturated heterocycles. The summed E-state index contributed by atoms with van der Waals surface area (Å²) in [6.07, 6.45) is 2.96. The lowest BCUT2D eigenvalue weighted by molar-refractivity contribution is 0.976. The number of aromatic nitrogens is 1. The molecule has 3 nitrogen and oxygen atoms in total. The third-order valence-electron chi connectivity index (χ3n) is 2.47. The highest BCUT2D eigenvalue weighted by Gasteiger charge is 2.02. The minimum Gasteiger partial charge on any atom is -0.388 e. The van der Waals surface area contributed by atoms with Crippen LogP contribution in [0.1, 0.15) is 5.56 Å². The van der Waals surface area contributed by atoms with Crippen LogP contribution in [0.5, 0.6) is 0 Å². The van der Waals surface area contributed by atoms with Crippen LogP contribution in [0.3, 0.4) is 0 Å². The van der Waals surface area contributed by atoms with Crippen LogP contribution in [0.15, 0.2) is 24.4 Å². The first-order valence-corrected chi connectivity index (χ1v) is 4.83. The molecule has 3 heteroatoms. The van der Waals surface area contributed by atoms with Crippen LogP contribution in [0.2, 0.25) is 0 Å². The van der Waals surface area contributed by atoms with Crippen molar-refractivity contribution in [2.75, 3.05) is 18.9 Å². The summed E-state index contributed by atoms with van der Waals surface area (Å²) in [6, 6.07) is 6.29. The normalized spacial score (nSPS) is 10.7. The molecule has 2 aromatic rings. The van der Waals surface area contributed by atoms with Crippen molar-refractivity contribution in [2.24, 2.45) is 5.73 Å². The lowest BCUT2D eigenvalue weighted by atomic mass is 10.1. The van der Waals surface area contributed by atoms with Gasteiger partial charge in [-0.15, -0.1) is 0 Å². The maximum atomic E-state index is 5.55. The van der Waals surface area contributed by atoms with Crippen molar-refractivity contribution in [3.63, 3.8) is 0 Å². The summed E-state index contributed by atoms with van der Waals surface area (Å²) < 4.78 is 0. The number of nitrogens with one attached hydrogen (secondary N) is 2. The van der Waals surface area contributed by atoms with Gasteiger partial charge >= 0.3 is 0 Å². The zero-order valence-corrected chi connectivity index (χ0v) is 8.30. The van der Waals surface area contributed by atoms with Gasteiger partial charge in [-0.2, -0.15) is 0 Å². The zero-order valence-electron chi connectivity index (χ0n) is 8.30. The Morgan fingerprint density at radius 1 is 1.43 bits per heavy atom. The molecule has 2 rings (SSSR count). The number of benzene rings is 1. The van der Waals surface area contributed by atoms with Gasteiger partial charge in [-0.3, -0.25) is 0 Å². The highest BCUT2D eigenvalue weighted by molar-refractivity contribution is 5.86. The molecule has 0 fully saturated rings. The second kappa shape index (κ2) is 3.72. The molecule has 1 aromatic heterocycles. The standard InChI is InChI=1S/C11H15N3/c1-13-9-2-3-11-10(6-9)8(4-5-12)7-14-11/h2-3,6-7,13-14H,4-5,12H2,1H3. The van der Waals surface area contributed by atoms with E-state index in [0.29, 0.717) is 6.54 Å².